The van der Waals surface area contributed by atoms with Crippen LogP contribution in [0.15, 0.2) is 57.2 Å². The lowest BCUT2D eigenvalue weighted by Crippen LogP contribution is -2.15. The lowest BCUT2D eigenvalue weighted by Gasteiger charge is -2.13. The zero-order valence-corrected chi connectivity index (χ0v) is 18.2. The molecule has 0 saturated carbocycles. The zero-order valence-electron chi connectivity index (χ0n) is 15.8. The molecule has 0 spiro atoms. The second-order valence-corrected chi connectivity index (χ2v) is 9.54. The third kappa shape index (κ3) is 3.64. The number of halogens is 1. The van der Waals surface area contributed by atoms with Gasteiger partial charge in [-0.15, -0.1) is 11.3 Å². The minimum Gasteiger partial charge on any atom is -0.480 e. The molecule has 0 radical (unpaired) electrons. The Morgan fingerprint density at radius 2 is 1.97 bits per heavy atom. The average molecular weight is 463 g/mol. The van der Waals surface area contributed by atoms with E-state index < -0.39 is 15.6 Å². The summed E-state index contributed by atoms with van der Waals surface area (Å²) in [6, 6.07) is 6.74. The fourth-order valence-electron chi connectivity index (χ4n) is 2.90. The normalized spacial score (nSPS) is 11.6. The van der Waals surface area contributed by atoms with Crippen molar-refractivity contribution in [1.82, 2.24) is 14.4 Å². The van der Waals surface area contributed by atoms with E-state index in [1.165, 1.54) is 23.9 Å². The van der Waals surface area contributed by atoms with Gasteiger partial charge in [-0.05, 0) is 42.1 Å². The molecule has 8 nitrogen and oxygen atoms in total. The van der Waals surface area contributed by atoms with Gasteiger partial charge in [0, 0.05) is 23.5 Å². The first kappa shape index (κ1) is 20.3. The first-order valence-corrected chi connectivity index (χ1v) is 11.3. The molecular formula is C19H15ClN4O4S2. The summed E-state index contributed by atoms with van der Waals surface area (Å²) < 4.78 is 34.9. The monoisotopic (exact) mass is 462 g/mol. The van der Waals surface area contributed by atoms with Gasteiger partial charge >= 0.3 is 0 Å². The molecule has 0 amide bonds. The number of aryl methyl sites for hydroxylation is 1. The largest absolute Gasteiger partial charge is 0.480 e. The fraction of sp³-hybridized carbons (Fsp3) is 0.105. The number of fused-ring (bicyclic) bond motifs is 1. The summed E-state index contributed by atoms with van der Waals surface area (Å²) in [5.41, 5.74) is 2.05. The lowest BCUT2D eigenvalue weighted by molar-refractivity contribution is 0.400. The quantitative estimate of drug-likeness (QED) is 0.486. The topological polar surface area (TPSA) is 103 Å². The molecule has 0 bridgehead atoms. The number of nitrogens with zero attached hydrogens (tertiary/aromatic N) is 3. The van der Waals surface area contributed by atoms with Crippen molar-refractivity contribution < 1.29 is 13.2 Å². The molecule has 30 heavy (non-hydrogen) atoms. The Morgan fingerprint density at radius 1 is 1.17 bits per heavy atom. The molecule has 0 aliphatic heterocycles. The number of anilines is 1. The summed E-state index contributed by atoms with van der Waals surface area (Å²) in [6.07, 6.45) is 4.40. The molecule has 0 aliphatic rings. The maximum absolute atomic E-state index is 12.8. The van der Waals surface area contributed by atoms with Crippen LogP contribution in [0.3, 0.4) is 0 Å². The predicted molar refractivity (Wildman–Crippen MR) is 116 cm³/mol. The van der Waals surface area contributed by atoms with Gasteiger partial charge in [0.05, 0.1) is 13.3 Å². The number of hydrogen-bond acceptors (Lipinski definition) is 7. The SMILES string of the molecule is COc1ncc(-c2ccc3ncc(Cl)c(=O)n3c2)cc1NS(=O)(=O)c1sccc1C. The minimum atomic E-state index is -3.81. The van der Waals surface area contributed by atoms with Gasteiger partial charge in [-0.2, -0.15) is 0 Å². The van der Waals surface area contributed by atoms with Gasteiger partial charge in [0.1, 0.15) is 20.6 Å². The fourth-order valence-corrected chi connectivity index (χ4v) is 5.50. The number of thiophene rings is 1. The number of methoxy groups -OCH3 is 1. The number of sulfonamides is 1. The summed E-state index contributed by atoms with van der Waals surface area (Å²) in [6.45, 7) is 1.73. The summed E-state index contributed by atoms with van der Waals surface area (Å²) in [7, 11) is -2.41. The molecule has 0 saturated heterocycles. The van der Waals surface area contributed by atoms with Crippen molar-refractivity contribution in [1.29, 1.82) is 0 Å². The Kier molecular flexibility index (Phi) is 5.22. The summed E-state index contributed by atoms with van der Waals surface area (Å²) in [4.78, 5) is 20.6. The molecule has 154 valence electrons. The third-order valence-corrected chi connectivity index (χ3v) is 7.65. The van der Waals surface area contributed by atoms with Gasteiger partial charge in [-0.3, -0.25) is 13.9 Å². The number of aromatic nitrogens is 3. The van der Waals surface area contributed by atoms with Gasteiger partial charge in [0.25, 0.3) is 15.6 Å². The number of hydrogen-bond donors (Lipinski definition) is 1. The van der Waals surface area contributed by atoms with Crippen LogP contribution in [0.2, 0.25) is 5.02 Å². The van der Waals surface area contributed by atoms with Crippen molar-refractivity contribution in [2.45, 2.75) is 11.1 Å². The molecule has 4 rings (SSSR count). The Labute approximate surface area is 180 Å². The molecule has 0 aliphatic carbocycles. The summed E-state index contributed by atoms with van der Waals surface area (Å²) in [5, 5.41) is 1.71. The van der Waals surface area contributed by atoms with E-state index in [0.29, 0.717) is 22.3 Å². The molecule has 1 N–H and O–H groups in total. The van der Waals surface area contributed by atoms with Crippen LogP contribution in [-0.2, 0) is 10.0 Å². The Balaban J connectivity index is 1.80. The van der Waals surface area contributed by atoms with E-state index in [0.717, 1.165) is 11.3 Å². The molecule has 4 aromatic rings. The van der Waals surface area contributed by atoms with Crippen molar-refractivity contribution >= 4 is 44.3 Å². The third-order valence-electron chi connectivity index (χ3n) is 4.34. The van der Waals surface area contributed by atoms with E-state index in [2.05, 4.69) is 14.7 Å². The molecule has 11 heteroatoms. The smallest absolute Gasteiger partial charge is 0.276 e. The van der Waals surface area contributed by atoms with E-state index >= 15 is 0 Å². The van der Waals surface area contributed by atoms with Crippen molar-refractivity contribution in [3.63, 3.8) is 0 Å². The number of rotatable bonds is 5. The highest BCUT2D eigenvalue weighted by Gasteiger charge is 2.21. The highest BCUT2D eigenvalue weighted by molar-refractivity contribution is 7.94. The van der Waals surface area contributed by atoms with Crippen molar-refractivity contribution in [3.05, 3.63) is 69.2 Å². The molecule has 0 fully saturated rings. The van der Waals surface area contributed by atoms with Gasteiger partial charge in [0.2, 0.25) is 5.88 Å². The second-order valence-electron chi connectivity index (χ2n) is 6.33. The standard InChI is InChI=1S/C19H15ClN4O4S2/c1-11-5-6-29-19(11)30(26,27)23-15-7-13(8-22-17(15)28-2)12-3-4-16-21-9-14(20)18(25)24(16)10-12/h3-10,23H,1-2H3. The van der Waals surface area contributed by atoms with Gasteiger partial charge in [-0.25, -0.2) is 18.4 Å². The number of pyridine rings is 2. The van der Waals surface area contributed by atoms with Crippen LogP contribution in [0.1, 0.15) is 5.56 Å². The second kappa shape index (κ2) is 7.71. The average Bonchev–Trinajstić information content (AvgIpc) is 3.17. The maximum Gasteiger partial charge on any atom is 0.276 e. The molecule has 0 unspecified atom stereocenters. The highest BCUT2D eigenvalue weighted by atomic mass is 35.5. The predicted octanol–water partition coefficient (Wildman–Crippen LogP) is 3.59. The zero-order chi connectivity index (χ0) is 21.5. The van der Waals surface area contributed by atoms with Crippen molar-refractivity contribution in [2.24, 2.45) is 0 Å². The van der Waals surface area contributed by atoms with E-state index in [1.807, 2.05) is 0 Å². The minimum absolute atomic E-state index is 0.00253. The summed E-state index contributed by atoms with van der Waals surface area (Å²) in [5.74, 6) is 0.124. The molecule has 0 aromatic carbocycles. The molecule has 4 heterocycles. The van der Waals surface area contributed by atoms with Crippen LogP contribution in [0, 0.1) is 6.92 Å². The maximum atomic E-state index is 12.8. The van der Waals surface area contributed by atoms with Crippen LogP contribution >= 0.6 is 22.9 Å². The van der Waals surface area contributed by atoms with Gasteiger partial charge in [-0.1, -0.05) is 11.6 Å². The van der Waals surface area contributed by atoms with Crippen LogP contribution in [0.4, 0.5) is 5.69 Å². The van der Waals surface area contributed by atoms with Crippen molar-refractivity contribution in [2.75, 3.05) is 11.8 Å². The first-order valence-electron chi connectivity index (χ1n) is 8.58. The van der Waals surface area contributed by atoms with Crippen LogP contribution in [-0.4, -0.2) is 29.9 Å². The summed E-state index contributed by atoms with van der Waals surface area (Å²) >= 11 is 7.01. The van der Waals surface area contributed by atoms with E-state index in [9.17, 15) is 13.2 Å². The highest BCUT2D eigenvalue weighted by Crippen LogP contribution is 2.31. The van der Waals surface area contributed by atoms with Gasteiger partial charge < -0.3 is 4.74 Å². The van der Waals surface area contributed by atoms with Crippen LogP contribution < -0.4 is 15.0 Å². The Morgan fingerprint density at radius 3 is 2.67 bits per heavy atom. The lowest BCUT2D eigenvalue weighted by atomic mass is 10.1. The van der Waals surface area contributed by atoms with Crippen molar-refractivity contribution in [3.8, 4) is 17.0 Å². The Bertz CT molecular complexity index is 1430. The number of nitrogens with one attached hydrogen (secondary N) is 1. The van der Waals surface area contributed by atoms with Gasteiger partial charge in [0.15, 0.2) is 0 Å². The van der Waals surface area contributed by atoms with E-state index in [1.54, 1.807) is 42.8 Å². The van der Waals surface area contributed by atoms with Crippen LogP contribution in [0.25, 0.3) is 16.8 Å². The van der Waals surface area contributed by atoms with E-state index in [4.69, 9.17) is 16.3 Å². The number of ether oxygens (including phenoxy) is 1. The molecular weight excluding hydrogens is 448 g/mol. The van der Waals surface area contributed by atoms with E-state index in [-0.39, 0.29) is 20.8 Å². The van der Waals surface area contributed by atoms with Crippen LogP contribution in [0.5, 0.6) is 5.88 Å². The molecule has 0 atom stereocenters. The molecule has 4 aromatic heterocycles. The Hall–Kier alpha value is -2.95. The first-order chi connectivity index (χ1) is 14.3.